The van der Waals surface area contributed by atoms with Crippen molar-refractivity contribution in [2.24, 2.45) is 11.7 Å². The summed E-state index contributed by atoms with van der Waals surface area (Å²) in [4.78, 5) is 0. The predicted molar refractivity (Wildman–Crippen MR) is 54.5 cm³/mol. The number of hydrogen-bond acceptors (Lipinski definition) is 3. The lowest BCUT2D eigenvalue weighted by Gasteiger charge is -2.27. The van der Waals surface area contributed by atoms with Crippen molar-refractivity contribution < 1.29 is 5.11 Å². The lowest BCUT2D eigenvalue weighted by atomic mass is 9.86. The van der Waals surface area contributed by atoms with Crippen molar-refractivity contribution in [1.82, 2.24) is 5.32 Å². The number of rotatable bonds is 5. The molecule has 3 heteroatoms. The van der Waals surface area contributed by atoms with E-state index in [1.54, 1.807) is 0 Å². The highest BCUT2D eigenvalue weighted by molar-refractivity contribution is 4.75. The van der Waals surface area contributed by atoms with Crippen LogP contribution in [0.4, 0.5) is 0 Å². The van der Waals surface area contributed by atoms with Crippen molar-refractivity contribution in [1.29, 1.82) is 0 Å². The molecule has 0 spiro atoms. The molecule has 1 aliphatic carbocycles. The van der Waals surface area contributed by atoms with Gasteiger partial charge < -0.3 is 16.2 Å². The molecule has 1 fully saturated rings. The number of aliphatic hydroxyl groups excluding tert-OH is 1. The fourth-order valence-electron chi connectivity index (χ4n) is 1.94. The topological polar surface area (TPSA) is 58.3 Å². The number of hydrogen-bond donors (Lipinski definition) is 3. The van der Waals surface area contributed by atoms with Gasteiger partial charge in [-0.2, -0.15) is 0 Å². The molecule has 0 aromatic carbocycles. The summed E-state index contributed by atoms with van der Waals surface area (Å²) in [5, 5.41) is 13.0. The largest absolute Gasteiger partial charge is 0.393 e. The maximum absolute atomic E-state index is 9.66. The highest BCUT2D eigenvalue weighted by Crippen LogP contribution is 2.23. The third-order valence-electron chi connectivity index (χ3n) is 2.83. The van der Waals surface area contributed by atoms with Gasteiger partial charge in [0.15, 0.2) is 0 Å². The zero-order valence-electron chi connectivity index (χ0n) is 8.34. The Bertz CT molecular complexity index is 130. The third-order valence-corrected chi connectivity index (χ3v) is 2.83. The van der Waals surface area contributed by atoms with Gasteiger partial charge in [0.2, 0.25) is 0 Å². The van der Waals surface area contributed by atoms with Crippen LogP contribution in [0.2, 0.25) is 0 Å². The summed E-state index contributed by atoms with van der Waals surface area (Å²) in [6.07, 6.45) is 5.60. The molecule has 0 radical (unpaired) electrons. The van der Waals surface area contributed by atoms with E-state index in [1.165, 1.54) is 19.3 Å². The first-order valence-corrected chi connectivity index (χ1v) is 5.43. The Hall–Kier alpha value is -0.120. The summed E-state index contributed by atoms with van der Waals surface area (Å²) in [6.45, 7) is 2.70. The minimum atomic E-state index is -0.0703. The smallest absolute Gasteiger partial charge is 0.0580 e. The first-order chi connectivity index (χ1) is 6.34. The van der Waals surface area contributed by atoms with E-state index in [1.807, 2.05) is 0 Å². The lowest BCUT2D eigenvalue weighted by Crippen LogP contribution is -2.34. The third kappa shape index (κ3) is 4.07. The zero-order chi connectivity index (χ0) is 9.52. The van der Waals surface area contributed by atoms with Crippen LogP contribution in [0.3, 0.4) is 0 Å². The Kier molecular flexibility index (Phi) is 5.35. The first-order valence-electron chi connectivity index (χ1n) is 5.43. The second-order valence-corrected chi connectivity index (χ2v) is 3.96. The molecule has 1 rings (SSSR count). The molecule has 0 amide bonds. The Balaban J connectivity index is 2.05. The maximum Gasteiger partial charge on any atom is 0.0580 e. The van der Waals surface area contributed by atoms with E-state index in [-0.39, 0.29) is 6.10 Å². The number of nitrogens with two attached hydrogens (primary N) is 1. The molecule has 0 heterocycles. The van der Waals surface area contributed by atoms with Gasteiger partial charge in [-0.3, -0.25) is 0 Å². The standard InChI is InChI=1S/C10H22N2O/c11-6-3-7-12-8-9-4-1-2-5-10(9)13/h9-10,12-13H,1-8,11H2. The number of aliphatic hydroxyl groups is 1. The Morgan fingerprint density at radius 3 is 2.77 bits per heavy atom. The van der Waals surface area contributed by atoms with Gasteiger partial charge in [0, 0.05) is 6.54 Å². The Morgan fingerprint density at radius 2 is 2.08 bits per heavy atom. The van der Waals surface area contributed by atoms with E-state index in [4.69, 9.17) is 5.73 Å². The molecule has 0 bridgehead atoms. The number of nitrogens with one attached hydrogen (secondary N) is 1. The quantitative estimate of drug-likeness (QED) is 0.547. The second-order valence-electron chi connectivity index (χ2n) is 3.96. The Morgan fingerprint density at radius 1 is 1.31 bits per heavy atom. The van der Waals surface area contributed by atoms with E-state index >= 15 is 0 Å². The van der Waals surface area contributed by atoms with Crippen LogP contribution in [0.25, 0.3) is 0 Å². The molecule has 0 aromatic rings. The van der Waals surface area contributed by atoms with E-state index in [9.17, 15) is 5.11 Å². The summed E-state index contributed by atoms with van der Waals surface area (Å²) in [7, 11) is 0. The summed E-state index contributed by atoms with van der Waals surface area (Å²) in [5.74, 6) is 0.478. The second kappa shape index (κ2) is 6.35. The van der Waals surface area contributed by atoms with Gasteiger partial charge >= 0.3 is 0 Å². The van der Waals surface area contributed by atoms with Gasteiger partial charge in [-0.15, -0.1) is 0 Å². The van der Waals surface area contributed by atoms with Crippen LogP contribution in [0, 0.1) is 5.92 Å². The van der Waals surface area contributed by atoms with Crippen LogP contribution < -0.4 is 11.1 Å². The van der Waals surface area contributed by atoms with Crippen molar-refractivity contribution in [3.63, 3.8) is 0 Å². The SMILES string of the molecule is NCCCNCC1CCCCC1O. The van der Waals surface area contributed by atoms with E-state index in [2.05, 4.69) is 5.32 Å². The Labute approximate surface area is 80.7 Å². The summed E-state index contributed by atoms with van der Waals surface area (Å²) < 4.78 is 0. The van der Waals surface area contributed by atoms with Crippen LogP contribution in [0.5, 0.6) is 0 Å². The minimum absolute atomic E-state index is 0.0703. The van der Waals surface area contributed by atoms with Crippen molar-refractivity contribution in [3.05, 3.63) is 0 Å². The van der Waals surface area contributed by atoms with Crippen LogP contribution in [0.1, 0.15) is 32.1 Å². The molecule has 4 N–H and O–H groups in total. The molecule has 13 heavy (non-hydrogen) atoms. The molecule has 1 saturated carbocycles. The van der Waals surface area contributed by atoms with E-state index in [0.29, 0.717) is 5.92 Å². The van der Waals surface area contributed by atoms with Crippen LogP contribution >= 0.6 is 0 Å². The van der Waals surface area contributed by atoms with Gasteiger partial charge in [0.05, 0.1) is 6.10 Å². The van der Waals surface area contributed by atoms with Gasteiger partial charge in [0.25, 0.3) is 0 Å². The molecule has 1 aliphatic rings. The average molecular weight is 186 g/mol. The molecule has 2 unspecified atom stereocenters. The molecule has 0 aliphatic heterocycles. The zero-order valence-corrected chi connectivity index (χ0v) is 8.34. The van der Waals surface area contributed by atoms with Gasteiger partial charge in [-0.25, -0.2) is 0 Å². The summed E-state index contributed by atoms with van der Waals surface area (Å²) >= 11 is 0. The summed E-state index contributed by atoms with van der Waals surface area (Å²) in [6, 6.07) is 0. The minimum Gasteiger partial charge on any atom is -0.393 e. The van der Waals surface area contributed by atoms with E-state index in [0.717, 1.165) is 32.5 Å². The van der Waals surface area contributed by atoms with Gasteiger partial charge in [-0.05, 0) is 38.3 Å². The van der Waals surface area contributed by atoms with Crippen LogP contribution in [0.15, 0.2) is 0 Å². The van der Waals surface area contributed by atoms with Crippen molar-refractivity contribution >= 4 is 0 Å². The molecule has 0 aromatic heterocycles. The van der Waals surface area contributed by atoms with Crippen LogP contribution in [-0.4, -0.2) is 30.8 Å². The van der Waals surface area contributed by atoms with Crippen LogP contribution in [-0.2, 0) is 0 Å². The van der Waals surface area contributed by atoms with Crippen molar-refractivity contribution in [3.8, 4) is 0 Å². The fourth-order valence-corrected chi connectivity index (χ4v) is 1.94. The van der Waals surface area contributed by atoms with Crippen molar-refractivity contribution in [2.75, 3.05) is 19.6 Å². The highest BCUT2D eigenvalue weighted by Gasteiger charge is 2.21. The summed E-state index contributed by atoms with van der Waals surface area (Å²) in [5.41, 5.74) is 5.39. The molecular formula is C10H22N2O. The molecule has 2 atom stereocenters. The van der Waals surface area contributed by atoms with Gasteiger partial charge in [-0.1, -0.05) is 12.8 Å². The average Bonchev–Trinajstić information content (AvgIpc) is 2.15. The first kappa shape index (κ1) is 11.0. The molecule has 0 saturated heterocycles. The predicted octanol–water partition coefficient (Wildman–Crippen LogP) is 0.476. The molecule has 3 nitrogen and oxygen atoms in total. The highest BCUT2D eigenvalue weighted by atomic mass is 16.3. The molecule has 78 valence electrons. The monoisotopic (exact) mass is 186 g/mol. The van der Waals surface area contributed by atoms with E-state index < -0.39 is 0 Å². The van der Waals surface area contributed by atoms with Crippen molar-refractivity contribution in [2.45, 2.75) is 38.2 Å². The lowest BCUT2D eigenvalue weighted by molar-refractivity contribution is 0.0697. The molecular weight excluding hydrogens is 164 g/mol. The maximum atomic E-state index is 9.66. The normalized spacial score (nSPS) is 29.1. The fraction of sp³-hybridized carbons (Fsp3) is 1.00. The van der Waals surface area contributed by atoms with Gasteiger partial charge in [0.1, 0.15) is 0 Å².